The van der Waals surface area contributed by atoms with Gasteiger partial charge >= 0.3 is 6.18 Å². The molecular weight excluding hydrogens is 367 g/mol. The summed E-state index contributed by atoms with van der Waals surface area (Å²) in [5.74, 6) is -0.0474. The molecule has 2 aromatic rings. The molecule has 1 heterocycles. The fraction of sp³-hybridized carbons (Fsp3) is 0.278. The van der Waals surface area contributed by atoms with E-state index < -0.39 is 22.9 Å². The van der Waals surface area contributed by atoms with E-state index in [1.54, 1.807) is 19.1 Å². The third-order valence-corrected chi connectivity index (χ3v) is 4.17. The summed E-state index contributed by atoms with van der Waals surface area (Å²) in [5.41, 5.74) is -2.86. The van der Waals surface area contributed by atoms with E-state index in [0.29, 0.717) is 5.71 Å². The number of nitrogens with zero attached hydrogens (tertiary/aromatic N) is 3. The number of rotatable bonds is 3. The third kappa shape index (κ3) is 3.81. The van der Waals surface area contributed by atoms with E-state index in [4.69, 9.17) is 16.9 Å². The summed E-state index contributed by atoms with van der Waals surface area (Å²) in [6.45, 7) is 5.31. The fourth-order valence-electron chi connectivity index (χ4n) is 2.17. The minimum absolute atomic E-state index is 0.0474. The van der Waals surface area contributed by atoms with Crippen LogP contribution in [-0.4, -0.2) is 10.4 Å². The highest BCUT2D eigenvalue weighted by molar-refractivity contribution is 6.33. The summed E-state index contributed by atoms with van der Waals surface area (Å²) in [5, 5.41) is 13.4. The van der Waals surface area contributed by atoms with E-state index in [9.17, 15) is 18.0 Å². The van der Waals surface area contributed by atoms with Crippen molar-refractivity contribution in [1.82, 2.24) is 4.68 Å². The van der Waals surface area contributed by atoms with Crippen LogP contribution < -0.4 is 5.56 Å². The minimum atomic E-state index is -4.86. The summed E-state index contributed by atoms with van der Waals surface area (Å²) in [6, 6.07) is 8.27. The lowest BCUT2D eigenvalue weighted by Gasteiger charge is -2.16. The van der Waals surface area contributed by atoms with E-state index in [2.05, 4.69) is 5.10 Å². The number of nitriles is 1. The number of aromatic nitrogens is 1. The van der Waals surface area contributed by atoms with Gasteiger partial charge in [-0.25, -0.2) is 0 Å². The molecule has 26 heavy (non-hydrogen) atoms. The molecule has 0 bridgehead atoms. The predicted octanol–water partition coefficient (Wildman–Crippen LogP) is 4.94. The largest absolute Gasteiger partial charge is 0.417 e. The smallest absolute Gasteiger partial charge is 0.266 e. The molecule has 0 saturated carbocycles. The van der Waals surface area contributed by atoms with Gasteiger partial charge in [0.25, 0.3) is 5.56 Å². The van der Waals surface area contributed by atoms with E-state index in [0.717, 1.165) is 10.7 Å². The zero-order valence-corrected chi connectivity index (χ0v) is 15.0. The molecule has 0 aliphatic carbocycles. The number of benzene rings is 1. The Bertz CT molecular complexity index is 969. The van der Waals surface area contributed by atoms with Crippen LogP contribution in [0.3, 0.4) is 0 Å². The predicted molar refractivity (Wildman–Crippen MR) is 94.2 cm³/mol. The monoisotopic (exact) mass is 381 g/mol. The van der Waals surface area contributed by atoms with Crippen LogP contribution in [0.25, 0.3) is 11.3 Å². The molecule has 0 saturated heterocycles. The van der Waals surface area contributed by atoms with Crippen molar-refractivity contribution in [2.75, 3.05) is 0 Å². The molecule has 0 radical (unpaired) electrons. The summed E-state index contributed by atoms with van der Waals surface area (Å²) < 4.78 is 40.9. The second-order valence-electron chi connectivity index (χ2n) is 5.92. The second-order valence-corrected chi connectivity index (χ2v) is 6.33. The highest BCUT2D eigenvalue weighted by atomic mass is 35.5. The molecule has 0 N–H and O–H groups in total. The van der Waals surface area contributed by atoms with Gasteiger partial charge in [0.15, 0.2) is 0 Å². The molecule has 4 nitrogen and oxygen atoms in total. The van der Waals surface area contributed by atoms with Crippen molar-refractivity contribution < 1.29 is 13.2 Å². The first kappa shape index (κ1) is 19.7. The van der Waals surface area contributed by atoms with Crippen LogP contribution >= 0.6 is 11.6 Å². The molecule has 0 unspecified atom stereocenters. The van der Waals surface area contributed by atoms with Gasteiger partial charge in [-0.2, -0.15) is 28.2 Å². The maximum absolute atomic E-state index is 13.4. The van der Waals surface area contributed by atoms with Crippen molar-refractivity contribution in [3.05, 3.63) is 56.8 Å². The first-order valence-electron chi connectivity index (χ1n) is 7.65. The van der Waals surface area contributed by atoms with Gasteiger partial charge in [0.05, 0.1) is 11.3 Å². The van der Waals surface area contributed by atoms with Gasteiger partial charge in [-0.1, -0.05) is 43.6 Å². The van der Waals surface area contributed by atoms with Crippen LogP contribution in [0.5, 0.6) is 0 Å². The lowest BCUT2D eigenvalue weighted by atomic mass is 10.0. The van der Waals surface area contributed by atoms with Crippen LogP contribution in [0.15, 0.2) is 40.2 Å². The first-order chi connectivity index (χ1) is 12.1. The first-order valence-corrected chi connectivity index (χ1v) is 8.03. The summed E-state index contributed by atoms with van der Waals surface area (Å²) in [6.07, 6.45) is -4.86. The number of hydrogen-bond donors (Lipinski definition) is 0. The molecule has 0 fully saturated rings. The van der Waals surface area contributed by atoms with Gasteiger partial charge in [0.1, 0.15) is 11.6 Å². The van der Waals surface area contributed by atoms with Gasteiger partial charge in [0, 0.05) is 16.3 Å². The molecule has 1 aromatic carbocycles. The minimum Gasteiger partial charge on any atom is -0.266 e. The van der Waals surface area contributed by atoms with Crippen LogP contribution in [-0.2, 0) is 6.18 Å². The molecular formula is C18H15ClF3N3O. The summed E-state index contributed by atoms with van der Waals surface area (Å²) in [7, 11) is 0. The van der Waals surface area contributed by atoms with Crippen molar-refractivity contribution >= 4 is 17.3 Å². The van der Waals surface area contributed by atoms with Gasteiger partial charge in [-0.05, 0) is 25.0 Å². The molecule has 2 rings (SSSR count). The quantitative estimate of drug-likeness (QED) is 0.707. The molecule has 136 valence electrons. The Kier molecular flexibility index (Phi) is 5.57. The van der Waals surface area contributed by atoms with E-state index in [-0.39, 0.29) is 22.2 Å². The second kappa shape index (κ2) is 7.34. The van der Waals surface area contributed by atoms with Crippen LogP contribution in [0.1, 0.15) is 31.9 Å². The molecule has 0 amide bonds. The van der Waals surface area contributed by atoms with E-state index >= 15 is 0 Å². The average molecular weight is 382 g/mol. The fourth-order valence-corrected chi connectivity index (χ4v) is 2.40. The highest BCUT2D eigenvalue weighted by Gasteiger charge is 2.36. The summed E-state index contributed by atoms with van der Waals surface area (Å²) >= 11 is 6.11. The van der Waals surface area contributed by atoms with Gasteiger partial charge in [0.2, 0.25) is 0 Å². The Labute approximate surface area is 153 Å². The molecule has 1 aromatic heterocycles. The lowest BCUT2D eigenvalue weighted by molar-refractivity contribution is -0.137. The third-order valence-electron chi connectivity index (χ3n) is 3.85. The molecule has 8 heteroatoms. The molecule has 0 spiro atoms. The Balaban J connectivity index is 2.99. The lowest BCUT2D eigenvalue weighted by Crippen LogP contribution is -2.27. The standard InChI is InChI=1S/C18H15ClF3N3O/c1-10(2)11(3)24-25-16(12-6-4-5-7-15(12)19)8-14(18(20,21)22)13(9-23)17(25)26/h4-8,10H,1-3H3/b24-11+. The van der Waals surface area contributed by atoms with Gasteiger partial charge in [-0.15, -0.1) is 0 Å². The molecule has 0 atom stereocenters. The number of alkyl halides is 3. The Morgan fingerprint density at radius 1 is 1.31 bits per heavy atom. The maximum Gasteiger partial charge on any atom is 0.417 e. The Morgan fingerprint density at radius 2 is 1.92 bits per heavy atom. The van der Waals surface area contributed by atoms with Crippen molar-refractivity contribution in [1.29, 1.82) is 5.26 Å². The molecule has 0 aliphatic rings. The average Bonchev–Trinajstić information content (AvgIpc) is 2.55. The molecule has 0 aliphatic heterocycles. The normalized spacial score (nSPS) is 12.3. The SMILES string of the molecule is C/C(=N\n1c(-c2ccccc2Cl)cc(C(F)(F)F)c(C#N)c1=O)C(C)C. The van der Waals surface area contributed by atoms with Gasteiger partial charge in [-0.3, -0.25) is 4.79 Å². The van der Waals surface area contributed by atoms with Crippen LogP contribution in [0, 0.1) is 17.2 Å². The zero-order valence-electron chi connectivity index (χ0n) is 14.2. The topological polar surface area (TPSA) is 58.1 Å². The van der Waals surface area contributed by atoms with Crippen molar-refractivity contribution in [2.45, 2.75) is 26.9 Å². The Morgan fingerprint density at radius 3 is 2.42 bits per heavy atom. The Hall–Kier alpha value is -2.59. The number of hydrogen-bond acceptors (Lipinski definition) is 3. The van der Waals surface area contributed by atoms with Crippen molar-refractivity contribution in [3.63, 3.8) is 0 Å². The number of pyridine rings is 1. The summed E-state index contributed by atoms with van der Waals surface area (Å²) in [4.78, 5) is 12.6. The highest BCUT2D eigenvalue weighted by Crippen LogP contribution is 2.35. The van der Waals surface area contributed by atoms with E-state index in [1.807, 2.05) is 13.8 Å². The van der Waals surface area contributed by atoms with Gasteiger partial charge < -0.3 is 0 Å². The van der Waals surface area contributed by atoms with Crippen LogP contribution in [0.4, 0.5) is 13.2 Å². The number of halogens is 4. The van der Waals surface area contributed by atoms with E-state index in [1.165, 1.54) is 18.2 Å². The van der Waals surface area contributed by atoms with Crippen molar-refractivity contribution in [2.24, 2.45) is 11.0 Å². The zero-order chi connectivity index (χ0) is 19.6. The van der Waals surface area contributed by atoms with Crippen molar-refractivity contribution in [3.8, 4) is 17.3 Å². The van der Waals surface area contributed by atoms with Crippen LogP contribution in [0.2, 0.25) is 5.02 Å². The maximum atomic E-state index is 13.4.